The van der Waals surface area contributed by atoms with Gasteiger partial charge in [-0.15, -0.1) is 6.58 Å². The van der Waals surface area contributed by atoms with Crippen LogP contribution >= 0.6 is 0 Å². The fourth-order valence-electron chi connectivity index (χ4n) is 2.09. The average Bonchev–Trinajstić information content (AvgIpc) is 2.64. The lowest BCUT2D eigenvalue weighted by atomic mass is 10.2. The number of nitrogens with zero attached hydrogens (tertiary/aromatic N) is 1. The zero-order chi connectivity index (χ0) is 13.9. The molecule has 102 valence electrons. The van der Waals surface area contributed by atoms with Gasteiger partial charge in [0.2, 0.25) is 0 Å². The summed E-state index contributed by atoms with van der Waals surface area (Å²) in [7, 11) is 0. The van der Waals surface area contributed by atoms with Crippen LogP contribution in [0.3, 0.4) is 0 Å². The molecular formula is C15H19NO3. The third-order valence-electron chi connectivity index (χ3n) is 2.89. The third-order valence-corrected chi connectivity index (χ3v) is 2.89. The molecule has 0 aromatic heterocycles. The number of hydrogen-bond acceptors (Lipinski definition) is 3. The molecule has 19 heavy (non-hydrogen) atoms. The minimum atomic E-state index is -0.687. The van der Waals surface area contributed by atoms with Gasteiger partial charge in [-0.05, 0) is 13.8 Å². The maximum Gasteiger partial charge on any atom is 0.183 e. The maximum absolute atomic E-state index is 11.9. The largest absolute Gasteiger partial charge is 0.624 e. The Hall–Kier alpha value is -1.65. The van der Waals surface area contributed by atoms with Crippen molar-refractivity contribution in [3.05, 3.63) is 53.8 Å². The van der Waals surface area contributed by atoms with E-state index in [4.69, 9.17) is 9.47 Å². The van der Waals surface area contributed by atoms with Crippen LogP contribution in [0, 0.1) is 5.21 Å². The first-order valence-corrected chi connectivity index (χ1v) is 6.31. The summed E-state index contributed by atoms with van der Waals surface area (Å²) in [6, 6.07) is 9.58. The number of ether oxygens (including phenoxy) is 2. The van der Waals surface area contributed by atoms with Gasteiger partial charge in [-0.2, -0.15) is 0 Å². The first-order valence-electron chi connectivity index (χ1n) is 6.31. The molecule has 0 bridgehead atoms. The minimum absolute atomic E-state index is 0.290. The Labute approximate surface area is 113 Å². The lowest BCUT2D eigenvalue weighted by Crippen LogP contribution is -2.26. The Bertz CT molecular complexity index is 468. The lowest BCUT2D eigenvalue weighted by Gasteiger charge is -2.15. The second-order valence-electron chi connectivity index (χ2n) is 5.01. The fourth-order valence-corrected chi connectivity index (χ4v) is 2.09. The van der Waals surface area contributed by atoms with Crippen LogP contribution in [0.1, 0.15) is 19.4 Å². The van der Waals surface area contributed by atoms with Crippen molar-refractivity contribution in [1.82, 2.24) is 0 Å². The van der Waals surface area contributed by atoms with Crippen molar-refractivity contribution in [1.29, 1.82) is 0 Å². The summed E-state index contributed by atoms with van der Waals surface area (Å²) in [5, 5.41) is 11.9. The molecule has 0 amide bonds. The van der Waals surface area contributed by atoms with Gasteiger partial charge >= 0.3 is 0 Å². The van der Waals surface area contributed by atoms with Crippen LogP contribution in [0.5, 0.6) is 0 Å². The van der Waals surface area contributed by atoms with E-state index in [0.717, 1.165) is 10.3 Å². The highest BCUT2D eigenvalue weighted by atomic mass is 16.7. The molecule has 4 nitrogen and oxygen atoms in total. The van der Waals surface area contributed by atoms with E-state index in [1.165, 1.54) is 6.21 Å². The van der Waals surface area contributed by atoms with E-state index < -0.39 is 11.9 Å². The highest BCUT2D eigenvalue weighted by Gasteiger charge is 2.40. The van der Waals surface area contributed by atoms with Gasteiger partial charge in [-0.1, -0.05) is 36.4 Å². The molecule has 0 unspecified atom stereocenters. The van der Waals surface area contributed by atoms with Crippen LogP contribution in [0.15, 0.2) is 43.0 Å². The summed E-state index contributed by atoms with van der Waals surface area (Å²) in [5.74, 6) is -0.687. The van der Waals surface area contributed by atoms with Gasteiger partial charge in [0.05, 0.1) is 0 Å². The van der Waals surface area contributed by atoms with Crippen molar-refractivity contribution in [2.24, 2.45) is 0 Å². The van der Waals surface area contributed by atoms with Crippen LogP contribution in [-0.4, -0.2) is 28.9 Å². The van der Waals surface area contributed by atoms with Crippen molar-refractivity contribution in [2.75, 3.05) is 0 Å². The summed E-state index contributed by atoms with van der Waals surface area (Å²) in [6.07, 6.45) is 2.48. The molecule has 1 aliphatic heterocycles. The topological polar surface area (TPSA) is 44.5 Å². The summed E-state index contributed by atoms with van der Waals surface area (Å²) in [5.41, 5.74) is 0.960. The van der Waals surface area contributed by atoms with E-state index in [9.17, 15) is 5.21 Å². The Morgan fingerprint density at radius 2 is 1.89 bits per heavy atom. The van der Waals surface area contributed by atoms with Gasteiger partial charge in [0.15, 0.2) is 24.7 Å². The molecule has 1 aromatic rings. The monoisotopic (exact) mass is 261 g/mol. The smallest absolute Gasteiger partial charge is 0.183 e. The highest BCUT2D eigenvalue weighted by Crippen LogP contribution is 2.27. The van der Waals surface area contributed by atoms with Gasteiger partial charge in [-0.3, -0.25) is 0 Å². The average molecular weight is 261 g/mol. The molecule has 1 heterocycles. The summed E-state index contributed by atoms with van der Waals surface area (Å²) >= 11 is 0. The first kappa shape index (κ1) is 13.8. The molecule has 1 aromatic carbocycles. The Morgan fingerprint density at radius 3 is 2.53 bits per heavy atom. The molecule has 0 aliphatic carbocycles. The van der Waals surface area contributed by atoms with E-state index in [-0.39, 0.29) is 6.10 Å². The van der Waals surface area contributed by atoms with Crippen LogP contribution in [0.4, 0.5) is 0 Å². The number of rotatable bonds is 4. The zero-order valence-corrected chi connectivity index (χ0v) is 11.3. The van der Waals surface area contributed by atoms with Crippen molar-refractivity contribution < 1.29 is 14.2 Å². The van der Waals surface area contributed by atoms with Gasteiger partial charge in [0.1, 0.15) is 6.10 Å². The molecule has 4 heteroatoms. The predicted octanol–water partition coefficient (Wildman–Crippen LogP) is 2.47. The second kappa shape index (κ2) is 5.55. The van der Waals surface area contributed by atoms with Gasteiger partial charge in [-0.25, -0.2) is 4.74 Å². The van der Waals surface area contributed by atoms with Crippen molar-refractivity contribution in [3.63, 3.8) is 0 Å². The van der Waals surface area contributed by atoms with E-state index >= 15 is 0 Å². The summed E-state index contributed by atoms with van der Waals surface area (Å²) in [4.78, 5) is 0. The summed E-state index contributed by atoms with van der Waals surface area (Å²) < 4.78 is 12.2. The van der Waals surface area contributed by atoms with Crippen LogP contribution in [-0.2, 0) is 16.0 Å². The van der Waals surface area contributed by atoms with E-state index in [2.05, 4.69) is 6.58 Å². The fraction of sp³-hybridized carbons (Fsp3) is 0.400. The highest BCUT2D eigenvalue weighted by molar-refractivity contribution is 5.60. The van der Waals surface area contributed by atoms with Crippen molar-refractivity contribution >= 4 is 6.21 Å². The van der Waals surface area contributed by atoms with Crippen LogP contribution in [0.2, 0.25) is 0 Å². The van der Waals surface area contributed by atoms with E-state index in [1.54, 1.807) is 6.08 Å². The molecule has 0 radical (unpaired) electrons. The van der Waals surface area contributed by atoms with E-state index in [0.29, 0.717) is 6.54 Å². The Balaban J connectivity index is 2.06. The molecule has 0 spiro atoms. The predicted molar refractivity (Wildman–Crippen MR) is 73.9 cm³/mol. The van der Waals surface area contributed by atoms with Gasteiger partial charge in [0.25, 0.3) is 0 Å². The molecular weight excluding hydrogens is 242 g/mol. The van der Waals surface area contributed by atoms with Crippen molar-refractivity contribution in [3.8, 4) is 0 Å². The molecule has 1 saturated heterocycles. The molecule has 1 fully saturated rings. The van der Waals surface area contributed by atoms with Crippen LogP contribution < -0.4 is 0 Å². The van der Waals surface area contributed by atoms with E-state index in [1.807, 2.05) is 44.2 Å². The standard InChI is InChI=1S/C15H19NO3/c1-4-13-14(19-15(2,3)18-13)11-16(17)10-12-8-6-5-7-9-12/h4-9,11,13-14H,1,10H2,2-3H3/b16-11+/t13-,14+/m1/s1. The van der Waals surface area contributed by atoms with Gasteiger partial charge < -0.3 is 14.7 Å². The number of benzene rings is 1. The van der Waals surface area contributed by atoms with Crippen molar-refractivity contribution in [2.45, 2.75) is 38.4 Å². The molecule has 0 saturated carbocycles. The number of hydrogen-bond donors (Lipinski definition) is 0. The maximum atomic E-state index is 11.9. The SMILES string of the molecule is C=C[C@H]1OC(C)(C)O[C@H]1/C=[N+](/[O-])Cc1ccccc1. The zero-order valence-electron chi connectivity index (χ0n) is 11.3. The summed E-state index contributed by atoms with van der Waals surface area (Å²) in [6.45, 7) is 7.65. The molecule has 0 N–H and O–H groups in total. The molecule has 2 atom stereocenters. The number of hydroxylamine groups is 1. The molecule has 1 aliphatic rings. The van der Waals surface area contributed by atoms with Gasteiger partial charge in [0, 0.05) is 5.56 Å². The first-order chi connectivity index (χ1) is 9.00. The Morgan fingerprint density at radius 1 is 1.26 bits per heavy atom. The Kier molecular flexibility index (Phi) is 4.02. The van der Waals surface area contributed by atoms with Crippen LogP contribution in [0.25, 0.3) is 0 Å². The second-order valence-corrected chi connectivity index (χ2v) is 5.01. The normalized spacial score (nSPS) is 26.3. The lowest BCUT2D eigenvalue weighted by molar-refractivity contribution is -0.473. The third kappa shape index (κ3) is 3.66. The molecule has 2 rings (SSSR count). The minimum Gasteiger partial charge on any atom is -0.624 e. The quantitative estimate of drug-likeness (QED) is 0.275.